The molecule has 0 radical (unpaired) electrons. The molecule has 0 bridgehead atoms. The van der Waals surface area contributed by atoms with Gasteiger partial charge in [0.2, 0.25) is 0 Å². The summed E-state index contributed by atoms with van der Waals surface area (Å²) in [5.74, 6) is 0.552. The predicted molar refractivity (Wildman–Crippen MR) is 110 cm³/mol. The van der Waals surface area contributed by atoms with Crippen LogP contribution in [0.3, 0.4) is 0 Å². The van der Waals surface area contributed by atoms with Crippen LogP contribution in [0.4, 0.5) is 0 Å². The van der Waals surface area contributed by atoms with E-state index in [1.54, 1.807) is 0 Å². The van der Waals surface area contributed by atoms with Crippen molar-refractivity contribution < 1.29 is 9.53 Å². The van der Waals surface area contributed by atoms with Crippen molar-refractivity contribution in [1.82, 2.24) is 19.7 Å². The first kappa shape index (κ1) is 19.4. The number of aryl methyl sites for hydroxylation is 1. The maximum absolute atomic E-state index is 13.6. The zero-order valence-electron chi connectivity index (χ0n) is 17.8. The summed E-state index contributed by atoms with van der Waals surface area (Å²) in [6, 6.07) is 2.03. The van der Waals surface area contributed by atoms with Crippen molar-refractivity contribution in [3.05, 3.63) is 23.0 Å². The minimum Gasteiger partial charge on any atom is -0.376 e. The van der Waals surface area contributed by atoms with Gasteiger partial charge in [-0.3, -0.25) is 4.79 Å². The molecule has 1 saturated heterocycles. The molecule has 6 nitrogen and oxygen atoms in total. The Labute approximate surface area is 167 Å². The maximum atomic E-state index is 13.6. The molecular formula is C22H32N4O2. The van der Waals surface area contributed by atoms with Crippen LogP contribution in [0.2, 0.25) is 0 Å². The first-order valence-corrected chi connectivity index (χ1v) is 10.6. The zero-order chi connectivity index (χ0) is 20.1. The summed E-state index contributed by atoms with van der Waals surface area (Å²) in [4.78, 5) is 20.5. The van der Waals surface area contributed by atoms with Crippen LogP contribution in [-0.2, 0) is 10.3 Å². The van der Waals surface area contributed by atoms with E-state index in [4.69, 9.17) is 14.8 Å². The SMILES string of the molecule is CCN(CC1CCCO1)C(=O)c1cc(C2CC2)nc2c1c(C)nn2C(C)(C)C. The molecule has 0 spiro atoms. The van der Waals surface area contributed by atoms with Crippen LogP contribution < -0.4 is 0 Å². The summed E-state index contributed by atoms with van der Waals surface area (Å²) in [5, 5.41) is 5.67. The van der Waals surface area contributed by atoms with Gasteiger partial charge in [0.1, 0.15) is 0 Å². The number of pyridine rings is 1. The molecule has 6 heteroatoms. The number of aromatic nitrogens is 3. The molecule has 1 atom stereocenters. The van der Waals surface area contributed by atoms with Gasteiger partial charge in [-0.25, -0.2) is 9.67 Å². The summed E-state index contributed by atoms with van der Waals surface area (Å²) >= 11 is 0. The van der Waals surface area contributed by atoms with Gasteiger partial charge >= 0.3 is 0 Å². The first-order chi connectivity index (χ1) is 13.3. The van der Waals surface area contributed by atoms with E-state index in [1.807, 2.05) is 29.5 Å². The second-order valence-corrected chi connectivity index (χ2v) is 9.21. The van der Waals surface area contributed by atoms with Crippen LogP contribution in [0, 0.1) is 6.92 Å². The molecule has 3 heterocycles. The van der Waals surface area contributed by atoms with Crippen LogP contribution in [0.1, 0.15) is 81.0 Å². The number of carbonyl (C=O) groups excluding carboxylic acids is 1. The Morgan fingerprint density at radius 1 is 1.32 bits per heavy atom. The Hall–Kier alpha value is -1.95. The lowest BCUT2D eigenvalue weighted by molar-refractivity contribution is 0.0540. The lowest BCUT2D eigenvalue weighted by atomic mass is 10.0. The Morgan fingerprint density at radius 2 is 2.07 bits per heavy atom. The fraction of sp³-hybridized carbons (Fsp3) is 0.682. The summed E-state index contributed by atoms with van der Waals surface area (Å²) in [6.07, 6.45) is 4.58. The highest BCUT2D eigenvalue weighted by Gasteiger charge is 2.32. The van der Waals surface area contributed by atoms with Crippen LogP contribution in [0.15, 0.2) is 6.07 Å². The van der Waals surface area contributed by atoms with Gasteiger partial charge in [0.15, 0.2) is 5.65 Å². The highest BCUT2D eigenvalue weighted by molar-refractivity contribution is 6.06. The Balaban J connectivity index is 1.80. The van der Waals surface area contributed by atoms with E-state index in [9.17, 15) is 4.79 Å². The number of hydrogen-bond acceptors (Lipinski definition) is 4. The number of ether oxygens (including phenoxy) is 1. The molecule has 2 aromatic heterocycles. The monoisotopic (exact) mass is 384 g/mol. The maximum Gasteiger partial charge on any atom is 0.254 e. The van der Waals surface area contributed by atoms with Crippen LogP contribution in [0.25, 0.3) is 11.0 Å². The zero-order valence-corrected chi connectivity index (χ0v) is 17.8. The number of likely N-dealkylation sites (N-methyl/N-ethyl adjacent to an activating group) is 1. The molecule has 1 unspecified atom stereocenters. The van der Waals surface area contributed by atoms with E-state index in [0.29, 0.717) is 19.0 Å². The predicted octanol–water partition coefficient (Wildman–Crippen LogP) is 4.01. The lowest BCUT2D eigenvalue weighted by Crippen LogP contribution is -2.37. The third kappa shape index (κ3) is 3.54. The van der Waals surface area contributed by atoms with Crippen LogP contribution in [-0.4, -0.2) is 51.4 Å². The summed E-state index contributed by atoms with van der Waals surface area (Å²) in [5.41, 5.74) is 3.31. The molecule has 1 aliphatic heterocycles. The van der Waals surface area contributed by atoms with Gasteiger partial charge in [-0.15, -0.1) is 0 Å². The highest BCUT2D eigenvalue weighted by Crippen LogP contribution is 2.41. The fourth-order valence-corrected chi connectivity index (χ4v) is 4.09. The topological polar surface area (TPSA) is 60.2 Å². The van der Waals surface area contributed by atoms with Gasteiger partial charge in [0.25, 0.3) is 5.91 Å². The average Bonchev–Trinajstić information content (AvgIpc) is 3.27. The first-order valence-electron chi connectivity index (χ1n) is 10.6. The summed E-state index contributed by atoms with van der Waals surface area (Å²) in [7, 11) is 0. The molecule has 1 amide bonds. The molecule has 2 fully saturated rings. The highest BCUT2D eigenvalue weighted by atomic mass is 16.5. The molecular weight excluding hydrogens is 352 g/mol. The molecule has 0 aromatic carbocycles. The molecule has 152 valence electrons. The Morgan fingerprint density at radius 3 is 2.64 bits per heavy atom. The summed E-state index contributed by atoms with van der Waals surface area (Å²) in [6.45, 7) is 12.5. The molecule has 2 aliphatic rings. The molecule has 0 N–H and O–H groups in total. The number of amides is 1. The van der Waals surface area contributed by atoms with E-state index in [1.165, 1.54) is 0 Å². The van der Waals surface area contributed by atoms with Crippen molar-refractivity contribution >= 4 is 16.9 Å². The largest absolute Gasteiger partial charge is 0.376 e. The van der Waals surface area contributed by atoms with Gasteiger partial charge in [0, 0.05) is 31.3 Å². The van der Waals surface area contributed by atoms with Crippen molar-refractivity contribution in [3.8, 4) is 0 Å². The minimum absolute atomic E-state index is 0.0730. The normalized spacial score (nSPS) is 20.1. The van der Waals surface area contributed by atoms with E-state index in [2.05, 4.69) is 20.8 Å². The molecule has 1 saturated carbocycles. The smallest absolute Gasteiger partial charge is 0.254 e. The Kier molecular flexibility index (Phi) is 4.94. The van der Waals surface area contributed by atoms with Crippen molar-refractivity contribution in [2.75, 3.05) is 19.7 Å². The summed E-state index contributed by atoms with van der Waals surface area (Å²) < 4.78 is 7.76. The van der Waals surface area contributed by atoms with Crippen molar-refractivity contribution in [2.24, 2.45) is 0 Å². The van der Waals surface area contributed by atoms with Gasteiger partial charge in [0.05, 0.1) is 28.3 Å². The van der Waals surface area contributed by atoms with E-state index >= 15 is 0 Å². The molecule has 4 rings (SSSR count). The molecule has 28 heavy (non-hydrogen) atoms. The third-order valence-corrected chi connectivity index (χ3v) is 5.81. The lowest BCUT2D eigenvalue weighted by Gasteiger charge is -2.25. The average molecular weight is 385 g/mol. The Bertz CT molecular complexity index is 886. The second-order valence-electron chi connectivity index (χ2n) is 9.21. The number of nitrogens with zero attached hydrogens (tertiary/aromatic N) is 4. The van der Waals surface area contributed by atoms with Gasteiger partial charge in [-0.2, -0.15) is 5.10 Å². The van der Waals surface area contributed by atoms with Gasteiger partial charge < -0.3 is 9.64 Å². The molecule has 1 aliphatic carbocycles. The third-order valence-electron chi connectivity index (χ3n) is 5.81. The van der Waals surface area contributed by atoms with Crippen molar-refractivity contribution in [1.29, 1.82) is 0 Å². The quantitative estimate of drug-likeness (QED) is 0.781. The van der Waals surface area contributed by atoms with E-state index in [0.717, 1.165) is 60.3 Å². The number of carbonyl (C=O) groups is 1. The minimum atomic E-state index is -0.190. The van der Waals surface area contributed by atoms with Crippen molar-refractivity contribution in [2.45, 2.75) is 77.9 Å². The number of fused-ring (bicyclic) bond motifs is 1. The fourth-order valence-electron chi connectivity index (χ4n) is 4.09. The van der Waals surface area contributed by atoms with Gasteiger partial charge in [-0.05, 0) is 66.4 Å². The molecule has 2 aromatic rings. The van der Waals surface area contributed by atoms with Crippen LogP contribution in [0.5, 0.6) is 0 Å². The van der Waals surface area contributed by atoms with E-state index < -0.39 is 0 Å². The number of rotatable bonds is 5. The van der Waals surface area contributed by atoms with Gasteiger partial charge in [-0.1, -0.05) is 0 Å². The number of hydrogen-bond donors (Lipinski definition) is 0. The standard InChI is InChI=1S/C22H32N4O2/c1-6-25(13-16-8-7-11-28-16)21(27)17-12-18(15-9-10-15)23-20-19(17)14(2)24-26(20)22(3,4)5/h12,15-16H,6-11,13H2,1-5H3. The van der Waals surface area contributed by atoms with Crippen molar-refractivity contribution in [3.63, 3.8) is 0 Å². The second kappa shape index (κ2) is 7.14. The van der Waals surface area contributed by atoms with E-state index in [-0.39, 0.29) is 17.6 Å². The van der Waals surface area contributed by atoms with Crippen LogP contribution >= 0.6 is 0 Å².